The average molecular weight is 331 g/mol. The van der Waals surface area contributed by atoms with Crippen molar-refractivity contribution in [2.75, 3.05) is 0 Å². The van der Waals surface area contributed by atoms with Crippen molar-refractivity contribution in [2.24, 2.45) is 0 Å². The van der Waals surface area contributed by atoms with Crippen LogP contribution in [0.4, 0.5) is 0 Å². The van der Waals surface area contributed by atoms with Crippen LogP contribution in [0.3, 0.4) is 0 Å². The summed E-state index contributed by atoms with van der Waals surface area (Å²) in [4.78, 5) is 0. The molecule has 1 heterocycles. The highest BCUT2D eigenvalue weighted by atomic mass is 35.5. The maximum absolute atomic E-state index is 9.80. The van der Waals surface area contributed by atoms with E-state index in [2.05, 4.69) is 10.2 Å². The number of aromatic hydroxyl groups is 1. The first kappa shape index (κ1) is 15.4. The van der Waals surface area contributed by atoms with Gasteiger partial charge in [0.05, 0.1) is 5.56 Å². The molecule has 1 aromatic heterocycles. The summed E-state index contributed by atoms with van der Waals surface area (Å²) in [5.74, 6) is 1.42. The summed E-state index contributed by atoms with van der Waals surface area (Å²) < 4.78 is 11.3. The molecule has 0 fully saturated rings. The monoisotopic (exact) mass is 330 g/mol. The lowest BCUT2D eigenvalue weighted by atomic mass is 10.1. The Kier molecular flexibility index (Phi) is 4.48. The summed E-state index contributed by atoms with van der Waals surface area (Å²) in [6.07, 6.45) is 0.808. The number of hydrogen-bond donors (Lipinski definition) is 1. The molecule has 0 spiro atoms. The largest absolute Gasteiger partial charge is 0.507 e. The highest BCUT2D eigenvalue weighted by molar-refractivity contribution is 6.30. The van der Waals surface area contributed by atoms with Crippen LogP contribution in [0, 0.1) is 0 Å². The molecule has 0 bridgehead atoms. The summed E-state index contributed by atoms with van der Waals surface area (Å²) in [5.41, 5.74) is 1.50. The predicted octanol–water partition coefficient (Wildman–Crippen LogP) is 4.24. The van der Waals surface area contributed by atoms with Crippen molar-refractivity contribution in [2.45, 2.75) is 20.0 Å². The second kappa shape index (κ2) is 6.71. The molecule has 0 saturated carbocycles. The molecule has 0 radical (unpaired) electrons. The van der Waals surface area contributed by atoms with Gasteiger partial charge in [-0.05, 0) is 42.3 Å². The number of para-hydroxylation sites is 1. The molecule has 0 saturated heterocycles. The van der Waals surface area contributed by atoms with Crippen molar-refractivity contribution in [3.8, 4) is 23.0 Å². The van der Waals surface area contributed by atoms with Gasteiger partial charge in [0.1, 0.15) is 11.5 Å². The van der Waals surface area contributed by atoms with Crippen LogP contribution >= 0.6 is 11.6 Å². The number of benzene rings is 2. The van der Waals surface area contributed by atoms with Gasteiger partial charge in [0.15, 0.2) is 6.61 Å². The Bertz CT molecular complexity index is 817. The molecule has 0 atom stereocenters. The Hall–Kier alpha value is -2.53. The van der Waals surface area contributed by atoms with Gasteiger partial charge in [-0.15, -0.1) is 10.2 Å². The lowest BCUT2D eigenvalue weighted by Gasteiger charge is -2.08. The van der Waals surface area contributed by atoms with Crippen LogP contribution in [0.2, 0.25) is 5.02 Å². The van der Waals surface area contributed by atoms with E-state index in [9.17, 15) is 5.11 Å². The Morgan fingerprint density at radius 1 is 1.17 bits per heavy atom. The average Bonchev–Trinajstić information content (AvgIpc) is 3.02. The molecule has 0 amide bonds. The zero-order valence-electron chi connectivity index (χ0n) is 12.5. The van der Waals surface area contributed by atoms with E-state index in [-0.39, 0.29) is 18.2 Å². The standard InChI is InChI=1S/C17H15ClN2O3/c1-2-11-9-12(18)7-8-15(11)22-10-16-19-20-17(23-16)13-5-3-4-6-14(13)21/h3-9,21H,2,10H2,1H3. The van der Waals surface area contributed by atoms with Gasteiger partial charge < -0.3 is 14.3 Å². The topological polar surface area (TPSA) is 68.4 Å². The van der Waals surface area contributed by atoms with Gasteiger partial charge >= 0.3 is 0 Å². The highest BCUT2D eigenvalue weighted by Gasteiger charge is 2.13. The number of halogens is 1. The third-order valence-corrected chi connectivity index (χ3v) is 3.59. The lowest BCUT2D eigenvalue weighted by Crippen LogP contribution is -1.98. The minimum atomic E-state index is 0.0922. The van der Waals surface area contributed by atoms with E-state index in [1.54, 1.807) is 30.3 Å². The molecule has 6 heteroatoms. The third-order valence-electron chi connectivity index (χ3n) is 3.36. The summed E-state index contributed by atoms with van der Waals surface area (Å²) >= 11 is 5.98. The molecular formula is C17H15ClN2O3. The van der Waals surface area contributed by atoms with Crippen LogP contribution in [0.5, 0.6) is 11.5 Å². The van der Waals surface area contributed by atoms with Gasteiger partial charge in [-0.2, -0.15) is 0 Å². The number of ether oxygens (including phenoxy) is 1. The van der Waals surface area contributed by atoms with Crippen molar-refractivity contribution >= 4 is 11.6 Å². The van der Waals surface area contributed by atoms with E-state index in [0.717, 1.165) is 17.7 Å². The molecule has 2 aromatic carbocycles. The molecule has 5 nitrogen and oxygen atoms in total. The van der Waals surface area contributed by atoms with E-state index >= 15 is 0 Å². The van der Waals surface area contributed by atoms with E-state index in [1.165, 1.54) is 0 Å². The summed E-state index contributed by atoms with van der Waals surface area (Å²) in [7, 11) is 0. The van der Waals surface area contributed by atoms with Crippen LogP contribution in [0.15, 0.2) is 46.9 Å². The maximum Gasteiger partial charge on any atom is 0.254 e. The van der Waals surface area contributed by atoms with Crippen LogP contribution in [-0.2, 0) is 13.0 Å². The number of hydrogen-bond acceptors (Lipinski definition) is 5. The van der Waals surface area contributed by atoms with Crippen molar-refractivity contribution < 1.29 is 14.3 Å². The van der Waals surface area contributed by atoms with Gasteiger partial charge in [0, 0.05) is 5.02 Å². The molecule has 0 aliphatic rings. The number of phenolic OH excluding ortho intramolecular Hbond substituents is 1. The molecule has 0 unspecified atom stereocenters. The molecule has 3 aromatic rings. The highest BCUT2D eigenvalue weighted by Crippen LogP contribution is 2.28. The van der Waals surface area contributed by atoms with Gasteiger partial charge in [0.2, 0.25) is 0 Å². The van der Waals surface area contributed by atoms with Crippen molar-refractivity contribution in [3.05, 3.63) is 58.9 Å². The number of nitrogens with zero attached hydrogens (tertiary/aromatic N) is 2. The van der Waals surface area contributed by atoms with Crippen molar-refractivity contribution in [1.82, 2.24) is 10.2 Å². The minimum absolute atomic E-state index is 0.0922. The predicted molar refractivity (Wildman–Crippen MR) is 86.6 cm³/mol. The fraction of sp³-hybridized carbons (Fsp3) is 0.176. The first-order valence-corrected chi connectivity index (χ1v) is 7.57. The Morgan fingerprint density at radius 2 is 2.00 bits per heavy atom. The summed E-state index contributed by atoms with van der Waals surface area (Å²) in [6, 6.07) is 12.3. The van der Waals surface area contributed by atoms with Gasteiger partial charge in [-0.1, -0.05) is 30.7 Å². The first-order chi connectivity index (χ1) is 11.2. The molecule has 0 aliphatic carbocycles. The maximum atomic E-state index is 9.80. The Labute approximate surface area is 138 Å². The molecule has 118 valence electrons. The minimum Gasteiger partial charge on any atom is -0.507 e. The van der Waals surface area contributed by atoms with Crippen molar-refractivity contribution in [3.63, 3.8) is 0 Å². The molecule has 1 N–H and O–H groups in total. The molecule has 3 rings (SSSR count). The van der Waals surface area contributed by atoms with E-state index in [0.29, 0.717) is 16.5 Å². The molecule has 23 heavy (non-hydrogen) atoms. The van der Waals surface area contributed by atoms with Gasteiger partial charge in [-0.3, -0.25) is 0 Å². The van der Waals surface area contributed by atoms with Crippen LogP contribution in [-0.4, -0.2) is 15.3 Å². The van der Waals surface area contributed by atoms with Crippen LogP contribution in [0.1, 0.15) is 18.4 Å². The smallest absolute Gasteiger partial charge is 0.254 e. The van der Waals surface area contributed by atoms with Crippen LogP contribution in [0.25, 0.3) is 11.5 Å². The fourth-order valence-electron chi connectivity index (χ4n) is 2.18. The Balaban J connectivity index is 1.74. The zero-order chi connectivity index (χ0) is 16.2. The van der Waals surface area contributed by atoms with E-state index in [1.807, 2.05) is 19.1 Å². The third kappa shape index (κ3) is 3.46. The molecular weight excluding hydrogens is 316 g/mol. The van der Waals surface area contributed by atoms with Crippen molar-refractivity contribution in [1.29, 1.82) is 0 Å². The second-order valence-electron chi connectivity index (χ2n) is 4.91. The number of aromatic nitrogens is 2. The second-order valence-corrected chi connectivity index (χ2v) is 5.35. The normalized spacial score (nSPS) is 10.7. The van der Waals surface area contributed by atoms with Gasteiger partial charge in [0.25, 0.3) is 11.8 Å². The van der Waals surface area contributed by atoms with Crippen LogP contribution < -0.4 is 4.74 Å². The van der Waals surface area contributed by atoms with E-state index < -0.39 is 0 Å². The molecule has 0 aliphatic heterocycles. The summed E-state index contributed by atoms with van der Waals surface area (Å²) in [5, 5.41) is 18.4. The fourth-order valence-corrected chi connectivity index (χ4v) is 2.37. The summed E-state index contributed by atoms with van der Waals surface area (Å²) in [6.45, 7) is 2.18. The van der Waals surface area contributed by atoms with E-state index in [4.69, 9.17) is 20.8 Å². The quantitative estimate of drug-likeness (QED) is 0.758. The SMILES string of the molecule is CCc1cc(Cl)ccc1OCc1nnc(-c2ccccc2O)o1. The number of rotatable bonds is 5. The van der Waals surface area contributed by atoms with Gasteiger partial charge in [-0.25, -0.2) is 0 Å². The number of phenols is 1. The lowest BCUT2D eigenvalue weighted by molar-refractivity contribution is 0.262. The number of aryl methyl sites for hydroxylation is 1. The zero-order valence-corrected chi connectivity index (χ0v) is 13.2. The Morgan fingerprint density at radius 3 is 2.78 bits per heavy atom. The first-order valence-electron chi connectivity index (χ1n) is 7.19.